The van der Waals surface area contributed by atoms with Crippen LogP contribution in [0.15, 0.2) is 60.1 Å². The number of halogens is 1. The minimum absolute atomic E-state index is 0.339. The Morgan fingerprint density at radius 3 is 2.52 bits per heavy atom. The van der Waals surface area contributed by atoms with E-state index in [0.717, 1.165) is 0 Å². The number of hydrogen-bond acceptors (Lipinski definition) is 4. The van der Waals surface area contributed by atoms with Gasteiger partial charge in [0.1, 0.15) is 16.5 Å². The Labute approximate surface area is 136 Å². The number of thiazole rings is 1. The lowest BCUT2D eigenvalue weighted by molar-refractivity contribution is -0.124. The fourth-order valence-electron chi connectivity index (χ4n) is 2.12. The minimum atomic E-state index is -1.26. The summed E-state index contributed by atoms with van der Waals surface area (Å²) in [5.74, 6) is -0.877. The summed E-state index contributed by atoms with van der Waals surface area (Å²) in [5.41, 5.74) is 3.34. The molecule has 0 saturated heterocycles. The van der Waals surface area contributed by atoms with Gasteiger partial charge in [-0.3, -0.25) is 4.79 Å². The van der Waals surface area contributed by atoms with Gasteiger partial charge < -0.3 is 10.4 Å². The van der Waals surface area contributed by atoms with Crippen molar-refractivity contribution in [2.45, 2.75) is 6.10 Å². The molecule has 0 radical (unpaired) electrons. The zero-order valence-electron chi connectivity index (χ0n) is 11.9. The van der Waals surface area contributed by atoms with Gasteiger partial charge in [-0.25, -0.2) is 9.37 Å². The Bertz CT molecular complexity index is 803. The molecular weight excluding hydrogens is 315 g/mol. The van der Waals surface area contributed by atoms with Crippen molar-refractivity contribution < 1.29 is 14.3 Å². The lowest BCUT2D eigenvalue weighted by Crippen LogP contribution is -2.20. The van der Waals surface area contributed by atoms with Crippen LogP contribution in [0.4, 0.5) is 9.39 Å². The van der Waals surface area contributed by atoms with E-state index in [1.54, 1.807) is 41.9 Å². The minimum Gasteiger partial charge on any atom is -0.378 e. The Balaban J connectivity index is 1.80. The molecule has 2 N–H and O–H groups in total. The average molecular weight is 328 g/mol. The number of anilines is 1. The average Bonchev–Trinajstić information content (AvgIpc) is 3.03. The second-order valence-electron chi connectivity index (χ2n) is 4.84. The van der Waals surface area contributed by atoms with E-state index in [0.29, 0.717) is 21.8 Å². The van der Waals surface area contributed by atoms with Crippen molar-refractivity contribution >= 4 is 22.2 Å². The summed E-state index contributed by atoms with van der Waals surface area (Å²) in [6.07, 6.45) is -1.26. The number of nitrogens with zero attached hydrogens (tertiary/aromatic N) is 1. The number of nitrogens with one attached hydrogen (secondary N) is 1. The predicted molar refractivity (Wildman–Crippen MR) is 87.5 cm³/mol. The van der Waals surface area contributed by atoms with Crippen LogP contribution in [0.3, 0.4) is 0 Å². The normalized spacial score (nSPS) is 11.9. The largest absolute Gasteiger partial charge is 0.378 e. The number of hydrogen-bond donors (Lipinski definition) is 2. The van der Waals surface area contributed by atoms with E-state index >= 15 is 0 Å². The van der Waals surface area contributed by atoms with Gasteiger partial charge in [0, 0.05) is 5.56 Å². The molecule has 2 aromatic carbocycles. The van der Waals surface area contributed by atoms with E-state index in [1.165, 1.54) is 23.5 Å². The number of carbonyl (C=O) groups excluding carboxylic acids is 1. The van der Waals surface area contributed by atoms with Crippen molar-refractivity contribution in [1.82, 2.24) is 4.98 Å². The maximum Gasteiger partial charge on any atom is 0.258 e. The van der Waals surface area contributed by atoms with Crippen molar-refractivity contribution in [3.63, 3.8) is 0 Å². The van der Waals surface area contributed by atoms with Crippen molar-refractivity contribution in [2.24, 2.45) is 0 Å². The van der Waals surface area contributed by atoms with Crippen LogP contribution in [-0.2, 0) is 4.79 Å². The van der Waals surface area contributed by atoms with Gasteiger partial charge in [0.25, 0.3) is 5.91 Å². The highest BCUT2D eigenvalue weighted by Gasteiger charge is 2.19. The van der Waals surface area contributed by atoms with E-state index < -0.39 is 12.0 Å². The molecule has 0 saturated carbocycles. The molecule has 4 nitrogen and oxygen atoms in total. The third-order valence-corrected chi connectivity index (χ3v) is 4.03. The van der Waals surface area contributed by atoms with Crippen LogP contribution in [0.2, 0.25) is 0 Å². The smallest absolute Gasteiger partial charge is 0.258 e. The summed E-state index contributed by atoms with van der Waals surface area (Å²) >= 11 is 1.24. The van der Waals surface area contributed by atoms with Crippen molar-refractivity contribution in [2.75, 3.05) is 5.32 Å². The first-order valence-electron chi connectivity index (χ1n) is 6.88. The Kier molecular flexibility index (Phi) is 4.45. The Morgan fingerprint density at radius 2 is 1.83 bits per heavy atom. The number of amides is 1. The molecule has 0 aliphatic heterocycles. The summed E-state index contributed by atoms with van der Waals surface area (Å²) in [6, 6.07) is 14.5. The predicted octanol–water partition coefficient (Wildman–Crippen LogP) is 3.62. The van der Waals surface area contributed by atoms with Gasteiger partial charge in [-0.05, 0) is 29.8 Å². The van der Waals surface area contributed by atoms with Crippen molar-refractivity contribution in [3.05, 3.63) is 71.5 Å². The monoisotopic (exact) mass is 328 g/mol. The first kappa shape index (κ1) is 15.3. The lowest BCUT2D eigenvalue weighted by Gasteiger charge is -2.11. The van der Waals surface area contributed by atoms with Crippen molar-refractivity contribution in [1.29, 1.82) is 0 Å². The second-order valence-corrected chi connectivity index (χ2v) is 5.69. The van der Waals surface area contributed by atoms with E-state index in [2.05, 4.69) is 10.3 Å². The molecule has 1 heterocycles. The summed E-state index contributed by atoms with van der Waals surface area (Å²) in [6.45, 7) is 0. The number of aliphatic hydroxyl groups excluding tert-OH is 1. The SMILES string of the molecule is O=C(Nc1scnc1-c1ccc(F)cc1)C(O)c1ccccc1. The zero-order valence-corrected chi connectivity index (χ0v) is 12.8. The van der Waals surface area contributed by atoms with Gasteiger partial charge in [0.15, 0.2) is 6.10 Å². The maximum atomic E-state index is 13.0. The van der Waals surface area contributed by atoms with Crippen LogP contribution in [0.1, 0.15) is 11.7 Å². The van der Waals surface area contributed by atoms with Crippen molar-refractivity contribution in [3.8, 4) is 11.3 Å². The molecule has 0 bridgehead atoms. The van der Waals surface area contributed by atoms with Gasteiger partial charge in [0.05, 0.1) is 5.51 Å². The summed E-state index contributed by atoms with van der Waals surface area (Å²) in [4.78, 5) is 16.4. The molecule has 23 heavy (non-hydrogen) atoms. The summed E-state index contributed by atoms with van der Waals surface area (Å²) in [7, 11) is 0. The highest BCUT2D eigenvalue weighted by molar-refractivity contribution is 7.14. The summed E-state index contributed by atoms with van der Waals surface area (Å²) in [5, 5.41) is 13.3. The molecule has 1 amide bonds. The lowest BCUT2D eigenvalue weighted by atomic mass is 10.1. The quantitative estimate of drug-likeness (QED) is 0.769. The van der Waals surface area contributed by atoms with Crippen LogP contribution in [0.25, 0.3) is 11.3 Å². The van der Waals surface area contributed by atoms with Crippen LogP contribution in [0.5, 0.6) is 0 Å². The Hall–Kier alpha value is -2.57. The van der Waals surface area contributed by atoms with Crippen LogP contribution >= 0.6 is 11.3 Å². The first-order valence-corrected chi connectivity index (χ1v) is 7.76. The Morgan fingerprint density at radius 1 is 1.13 bits per heavy atom. The van der Waals surface area contributed by atoms with Gasteiger partial charge >= 0.3 is 0 Å². The maximum absolute atomic E-state index is 13.0. The van der Waals surface area contributed by atoms with Crippen LogP contribution in [-0.4, -0.2) is 16.0 Å². The number of carbonyl (C=O) groups is 1. The molecule has 0 aliphatic rings. The van der Waals surface area contributed by atoms with Gasteiger partial charge in [-0.2, -0.15) is 0 Å². The third kappa shape index (κ3) is 3.44. The highest BCUT2D eigenvalue weighted by Crippen LogP contribution is 2.31. The molecule has 3 aromatic rings. The molecule has 3 rings (SSSR count). The number of rotatable bonds is 4. The highest BCUT2D eigenvalue weighted by atomic mass is 32.1. The molecule has 1 atom stereocenters. The number of aromatic nitrogens is 1. The molecule has 6 heteroatoms. The second kappa shape index (κ2) is 6.68. The number of aliphatic hydroxyl groups is 1. The number of benzene rings is 2. The fourth-order valence-corrected chi connectivity index (χ4v) is 2.82. The zero-order chi connectivity index (χ0) is 16.2. The standard InChI is InChI=1S/C17H13FN2O2S/c18-13-8-6-11(7-9-13)14-17(23-10-19-14)20-16(22)15(21)12-4-2-1-3-5-12/h1-10,15,21H,(H,20,22). The van der Waals surface area contributed by atoms with Crippen LogP contribution < -0.4 is 5.32 Å². The van der Waals surface area contributed by atoms with E-state index in [9.17, 15) is 14.3 Å². The molecular formula is C17H13FN2O2S. The first-order chi connectivity index (χ1) is 11.1. The van der Waals surface area contributed by atoms with Crippen LogP contribution in [0, 0.1) is 5.82 Å². The molecule has 0 fully saturated rings. The van der Waals surface area contributed by atoms with Gasteiger partial charge in [-0.15, -0.1) is 11.3 Å². The van der Waals surface area contributed by atoms with E-state index in [-0.39, 0.29) is 5.82 Å². The summed E-state index contributed by atoms with van der Waals surface area (Å²) < 4.78 is 13.0. The topological polar surface area (TPSA) is 62.2 Å². The fraction of sp³-hybridized carbons (Fsp3) is 0.0588. The van der Waals surface area contributed by atoms with Gasteiger partial charge in [-0.1, -0.05) is 30.3 Å². The van der Waals surface area contributed by atoms with E-state index in [1.807, 2.05) is 6.07 Å². The molecule has 1 unspecified atom stereocenters. The third-order valence-electron chi connectivity index (χ3n) is 3.29. The molecule has 0 spiro atoms. The molecule has 1 aromatic heterocycles. The van der Waals surface area contributed by atoms with E-state index in [4.69, 9.17) is 0 Å². The van der Waals surface area contributed by atoms with Gasteiger partial charge in [0.2, 0.25) is 0 Å². The molecule has 0 aliphatic carbocycles. The molecule has 116 valence electrons.